The van der Waals surface area contributed by atoms with Crippen LogP contribution < -0.4 is 0 Å². The minimum absolute atomic E-state index is 0.239. The fourth-order valence-electron chi connectivity index (χ4n) is 2.24. The number of unbranched alkanes of at least 4 members (excludes halogenated alkanes) is 8. The van der Waals surface area contributed by atoms with Gasteiger partial charge in [0.1, 0.15) is 0 Å². The van der Waals surface area contributed by atoms with Gasteiger partial charge in [0.2, 0.25) is 0 Å². The molecule has 24 heavy (non-hydrogen) atoms. The highest BCUT2D eigenvalue weighted by Crippen LogP contribution is 2.11. The van der Waals surface area contributed by atoms with Crippen LogP contribution in [0.1, 0.15) is 91.9 Å². The first-order valence-electron chi connectivity index (χ1n) is 9.28. The third-order valence-corrected chi connectivity index (χ3v) is 3.99. The summed E-state index contributed by atoms with van der Waals surface area (Å²) < 4.78 is 9.95. The monoisotopic (exact) mass is 342 g/mol. The van der Waals surface area contributed by atoms with Gasteiger partial charge in [0, 0.05) is 6.42 Å². The summed E-state index contributed by atoms with van der Waals surface area (Å²) in [4.78, 5) is 34.4. The number of esters is 2. The molecular weight excluding hydrogens is 308 g/mol. The molecule has 0 bridgehead atoms. The second kappa shape index (κ2) is 14.0. The van der Waals surface area contributed by atoms with Gasteiger partial charge in [-0.25, -0.2) is 4.79 Å². The maximum absolute atomic E-state index is 11.7. The molecule has 2 atom stereocenters. The molecule has 0 radical (unpaired) electrons. The molecule has 0 heterocycles. The molecule has 5 nitrogen and oxygen atoms in total. The van der Waals surface area contributed by atoms with Crippen molar-refractivity contribution in [2.75, 3.05) is 0 Å². The van der Waals surface area contributed by atoms with Gasteiger partial charge in [-0.05, 0) is 27.2 Å². The number of rotatable bonds is 14. The molecule has 0 amide bonds. The third kappa shape index (κ3) is 12.1. The fourth-order valence-corrected chi connectivity index (χ4v) is 2.24. The third-order valence-electron chi connectivity index (χ3n) is 3.99. The number of ketones is 1. The second-order valence-corrected chi connectivity index (χ2v) is 6.40. The van der Waals surface area contributed by atoms with E-state index in [-0.39, 0.29) is 5.78 Å². The highest BCUT2D eigenvalue weighted by atomic mass is 16.6. The highest BCUT2D eigenvalue weighted by molar-refractivity contribution is 5.85. The van der Waals surface area contributed by atoms with Crippen molar-refractivity contribution in [3.05, 3.63) is 0 Å². The van der Waals surface area contributed by atoms with E-state index in [9.17, 15) is 14.4 Å². The van der Waals surface area contributed by atoms with Crippen LogP contribution in [0.25, 0.3) is 0 Å². The van der Waals surface area contributed by atoms with E-state index in [1.54, 1.807) is 0 Å². The molecule has 0 N–H and O–H groups in total. The van der Waals surface area contributed by atoms with Crippen LogP contribution >= 0.6 is 0 Å². The predicted octanol–water partition coefficient (Wildman–Crippen LogP) is 4.36. The van der Waals surface area contributed by atoms with E-state index in [2.05, 4.69) is 6.92 Å². The number of hydrogen-bond donors (Lipinski definition) is 0. The van der Waals surface area contributed by atoms with Crippen molar-refractivity contribution in [3.8, 4) is 0 Å². The van der Waals surface area contributed by atoms with Crippen LogP contribution in [0.3, 0.4) is 0 Å². The van der Waals surface area contributed by atoms with E-state index in [0.717, 1.165) is 19.3 Å². The van der Waals surface area contributed by atoms with Crippen molar-refractivity contribution in [3.63, 3.8) is 0 Å². The van der Waals surface area contributed by atoms with Crippen LogP contribution in [-0.2, 0) is 23.9 Å². The molecule has 0 aromatic carbocycles. The molecule has 0 aromatic heterocycles. The van der Waals surface area contributed by atoms with Gasteiger partial charge in [-0.3, -0.25) is 9.59 Å². The number of hydrogen-bond acceptors (Lipinski definition) is 5. The van der Waals surface area contributed by atoms with E-state index >= 15 is 0 Å². The van der Waals surface area contributed by atoms with E-state index in [1.165, 1.54) is 59.3 Å². The maximum atomic E-state index is 11.7. The molecule has 0 saturated carbocycles. The predicted molar refractivity (Wildman–Crippen MR) is 93.6 cm³/mol. The molecule has 0 fully saturated rings. The molecule has 0 aliphatic heterocycles. The first kappa shape index (κ1) is 22.6. The second-order valence-electron chi connectivity index (χ2n) is 6.40. The number of carbonyl (C=O) groups excluding carboxylic acids is 3. The van der Waals surface area contributed by atoms with Crippen molar-refractivity contribution < 1.29 is 23.9 Å². The summed E-state index contributed by atoms with van der Waals surface area (Å²) in [6.45, 7) is 6.52. The Morgan fingerprint density at radius 1 is 0.750 bits per heavy atom. The first-order valence-corrected chi connectivity index (χ1v) is 9.28. The van der Waals surface area contributed by atoms with E-state index in [4.69, 9.17) is 9.47 Å². The number of ether oxygens (including phenoxy) is 2. The quantitative estimate of drug-likeness (QED) is 0.346. The molecule has 5 heteroatoms. The fraction of sp³-hybridized carbons (Fsp3) is 0.842. The molecule has 0 spiro atoms. The van der Waals surface area contributed by atoms with Crippen molar-refractivity contribution >= 4 is 17.7 Å². The topological polar surface area (TPSA) is 69.7 Å². The lowest BCUT2D eigenvalue weighted by Crippen LogP contribution is -2.31. The molecule has 0 aliphatic carbocycles. The maximum Gasteiger partial charge on any atom is 0.347 e. The Morgan fingerprint density at radius 3 is 1.75 bits per heavy atom. The molecule has 0 saturated heterocycles. The summed E-state index contributed by atoms with van der Waals surface area (Å²) in [7, 11) is 0. The van der Waals surface area contributed by atoms with Crippen LogP contribution in [0.2, 0.25) is 0 Å². The van der Waals surface area contributed by atoms with E-state index in [1.807, 2.05) is 0 Å². The standard InChI is InChI=1S/C19H34O5/c1-5-6-7-8-9-10-11-12-13-14-18(21)23-17(4)19(22)24-16(3)15(2)20/h16-17H,5-14H2,1-4H3. The van der Waals surface area contributed by atoms with Gasteiger partial charge in [0.05, 0.1) is 0 Å². The highest BCUT2D eigenvalue weighted by Gasteiger charge is 2.22. The SMILES string of the molecule is CCCCCCCCCCCC(=O)OC(C)C(=O)OC(C)C(C)=O. The normalized spacial score (nSPS) is 13.2. The van der Waals surface area contributed by atoms with E-state index < -0.39 is 24.1 Å². The largest absolute Gasteiger partial charge is 0.452 e. The van der Waals surface area contributed by atoms with Gasteiger partial charge in [0.15, 0.2) is 18.0 Å². The molecule has 140 valence electrons. The van der Waals surface area contributed by atoms with Gasteiger partial charge < -0.3 is 9.47 Å². The molecule has 2 unspecified atom stereocenters. The minimum atomic E-state index is -0.974. The van der Waals surface area contributed by atoms with E-state index in [0.29, 0.717) is 6.42 Å². The lowest BCUT2D eigenvalue weighted by molar-refractivity contribution is -0.171. The van der Waals surface area contributed by atoms with Crippen LogP contribution in [0, 0.1) is 0 Å². The average molecular weight is 342 g/mol. The summed E-state index contributed by atoms with van der Waals surface area (Å²) >= 11 is 0. The van der Waals surface area contributed by atoms with Crippen LogP contribution in [-0.4, -0.2) is 29.9 Å². The zero-order chi connectivity index (χ0) is 18.4. The van der Waals surface area contributed by atoms with Crippen LogP contribution in [0.5, 0.6) is 0 Å². The Hall–Kier alpha value is -1.39. The van der Waals surface area contributed by atoms with Crippen molar-refractivity contribution in [1.29, 1.82) is 0 Å². The Balaban J connectivity index is 3.67. The first-order chi connectivity index (χ1) is 11.4. The smallest absolute Gasteiger partial charge is 0.347 e. The zero-order valence-electron chi connectivity index (χ0n) is 15.8. The van der Waals surface area contributed by atoms with Gasteiger partial charge in [0.25, 0.3) is 0 Å². The Kier molecular flexibility index (Phi) is 13.2. The van der Waals surface area contributed by atoms with Crippen molar-refractivity contribution in [2.45, 2.75) is 104 Å². The molecule has 0 aliphatic rings. The Bertz CT molecular complexity index is 378. The Labute approximate surface area is 146 Å². The summed E-state index contributed by atoms with van der Waals surface area (Å²) in [6.07, 6.45) is 9.12. The molecule has 0 aromatic rings. The summed E-state index contributed by atoms with van der Waals surface area (Å²) in [5, 5.41) is 0. The van der Waals surface area contributed by atoms with Crippen molar-refractivity contribution in [1.82, 2.24) is 0 Å². The molecule has 0 rings (SSSR count). The zero-order valence-corrected chi connectivity index (χ0v) is 15.8. The van der Waals surface area contributed by atoms with Crippen LogP contribution in [0.4, 0.5) is 0 Å². The van der Waals surface area contributed by atoms with Gasteiger partial charge >= 0.3 is 11.9 Å². The summed E-state index contributed by atoms with van der Waals surface area (Å²) in [5.74, 6) is -1.31. The van der Waals surface area contributed by atoms with Crippen molar-refractivity contribution in [2.24, 2.45) is 0 Å². The summed E-state index contributed by atoms with van der Waals surface area (Å²) in [5.41, 5.74) is 0. The summed E-state index contributed by atoms with van der Waals surface area (Å²) in [6, 6.07) is 0. The lowest BCUT2D eigenvalue weighted by Gasteiger charge is -2.15. The number of Topliss-reactive ketones (excluding diaryl/α,β-unsaturated/α-hetero) is 1. The number of carbonyl (C=O) groups is 3. The molecular formula is C19H34O5. The van der Waals surface area contributed by atoms with Crippen LogP contribution in [0.15, 0.2) is 0 Å². The Morgan fingerprint density at radius 2 is 1.25 bits per heavy atom. The van der Waals surface area contributed by atoms with Gasteiger partial charge in [-0.15, -0.1) is 0 Å². The van der Waals surface area contributed by atoms with Gasteiger partial charge in [-0.2, -0.15) is 0 Å². The lowest BCUT2D eigenvalue weighted by atomic mass is 10.1. The average Bonchev–Trinajstić information content (AvgIpc) is 2.52. The van der Waals surface area contributed by atoms with Gasteiger partial charge in [-0.1, -0.05) is 58.3 Å². The minimum Gasteiger partial charge on any atom is -0.452 e.